The van der Waals surface area contributed by atoms with Gasteiger partial charge in [-0.3, -0.25) is 0 Å². The molecule has 0 aliphatic heterocycles. The van der Waals surface area contributed by atoms with E-state index in [1.165, 1.54) is 0 Å². The van der Waals surface area contributed by atoms with Crippen LogP contribution in [0.1, 0.15) is 25.7 Å². The van der Waals surface area contributed by atoms with Gasteiger partial charge in [-0.2, -0.15) is 0 Å². The molecule has 0 aromatic heterocycles. The van der Waals surface area contributed by atoms with Gasteiger partial charge in [-0.05, 0) is 12.8 Å². The lowest BCUT2D eigenvalue weighted by molar-refractivity contribution is 0.183. The van der Waals surface area contributed by atoms with Crippen LogP contribution in [0.25, 0.3) is 0 Å². The Hall–Kier alpha value is -0.770. The summed E-state index contributed by atoms with van der Waals surface area (Å²) in [7, 11) is 0. The summed E-state index contributed by atoms with van der Waals surface area (Å²) in [5.41, 5.74) is 5.70. The number of amides is 1. The van der Waals surface area contributed by atoms with Crippen molar-refractivity contribution in [2.45, 2.75) is 37.8 Å². The van der Waals surface area contributed by atoms with Crippen LogP contribution in [0.2, 0.25) is 0 Å². The highest BCUT2D eigenvalue weighted by molar-refractivity contribution is 5.64. The SMILES string of the molecule is N[C@@H]1CCCC[C@H]1NC(=O)O. The third-order valence-electron chi connectivity index (χ3n) is 2.13. The highest BCUT2D eigenvalue weighted by atomic mass is 16.4. The maximum atomic E-state index is 10.2. The lowest BCUT2D eigenvalue weighted by atomic mass is 9.91. The molecule has 0 spiro atoms. The molecular weight excluding hydrogens is 144 g/mol. The van der Waals surface area contributed by atoms with Crippen molar-refractivity contribution in [3.8, 4) is 0 Å². The zero-order valence-corrected chi connectivity index (χ0v) is 6.42. The molecule has 4 heteroatoms. The van der Waals surface area contributed by atoms with Gasteiger partial charge in [-0.25, -0.2) is 4.79 Å². The number of rotatable bonds is 1. The Balaban J connectivity index is 2.35. The summed E-state index contributed by atoms with van der Waals surface area (Å²) in [6, 6.07) is -0.0129. The summed E-state index contributed by atoms with van der Waals surface area (Å²) in [6.45, 7) is 0. The van der Waals surface area contributed by atoms with Crippen LogP contribution in [0.3, 0.4) is 0 Å². The molecule has 0 unspecified atom stereocenters. The van der Waals surface area contributed by atoms with Gasteiger partial charge >= 0.3 is 6.09 Å². The number of carboxylic acid groups (broad SMARTS) is 1. The van der Waals surface area contributed by atoms with Crippen LogP contribution in [0.5, 0.6) is 0 Å². The maximum absolute atomic E-state index is 10.2. The van der Waals surface area contributed by atoms with E-state index in [9.17, 15) is 4.79 Å². The fraction of sp³-hybridized carbons (Fsp3) is 0.857. The van der Waals surface area contributed by atoms with Crippen LogP contribution in [-0.4, -0.2) is 23.3 Å². The van der Waals surface area contributed by atoms with Gasteiger partial charge in [-0.1, -0.05) is 12.8 Å². The number of nitrogens with one attached hydrogen (secondary N) is 1. The molecule has 4 N–H and O–H groups in total. The molecule has 64 valence electrons. The van der Waals surface area contributed by atoms with Gasteiger partial charge < -0.3 is 16.2 Å². The van der Waals surface area contributed by atoms with Gasteiger partial charge in [-0.15, -0.1) is 0 Å². The Bertz CT molecular complexity index is 149. The summed E-state index contributed by atoms with van der Waals surface area (Å²) >= 11 is 0. The summed E-state index contributed by atoms with van der Waals surface area (Å²) in [5.74, 6) is 0. The molecule has 4 nitrogen and oxygen atoms in total. The summed E-state index contributed by atoms with van der Waals surface area (Å²) in [4.78, 5) is 10.2. The smallest absolute Gasteiger partial charge is 0.404 e. The number of hydrogen-bond donors (Lipinski definition) is 3. The van der Waals surface area contributed by atoms with Crippen LogP contribution in [-0.2, 0) is 0 Å². The standard InChI is InChI=1S/C7H14N2O2/c8-5-3-1-2-4-6(5)9-7(10)11/h5-6,9H,1-4,8H2,(H,10,11)/t5-,6-/m1/s1. The van der Waals surface area contributed by atoms with E-state index in [2.05, 4.69) is 5.32 Å². The van der Waals surface area contributed by atoms with Crippen LogP contribution in [0.4, 0.5) is 4.79 Å². The highest BCUT2D eigenvalue weighted by Crippen LogP contribution is 2.16. The predicted molar refractivity (Wildman–Crippen MR) is 41.4 cm³/mol. The Morgan fingerprint density at radius 2 is 2.09 bits per heavy atom. The molecule has 1 saturated carbocycles. The Morgan fingerprint density at radius 1 is 1.45 bits per heavy atom. The average Bonchev–Trinajstić information content (AvgIpc) is 1.93. The molecule has 1 aliphatic rings. The fourth-order valence-electron chi connectivity index (χ4n) is 1.50. The molecule has 0 bridgehead atoms. The van der Waals surface area contributed by atoms with E-state index in [0.29, 0.717) is 0 Å². The van der Waals surface area contributed by atoms with Crippen molar-refractivity contribution in [3.63, 3.8) is 0 Å². The molecule has 2 atom stereocenters. The van der Waals surface area contributed by atoms with Gasteiger partial charge in [0, 0.05) is 12.1 Å². The molecule has 0 aromatic rings. The van der Waals surface area contributed by atoms with E-state index in [-0.39, 0.29) is 12.1 Å². The topological polar surface area (TPSA) is 75.3 Å². The van der Waals surface area contributed by atoms with Crippen molar-refractivity contribution < 1.29 is 9.90 Å². The van der Waals surface area contributed by atoms with Gasteiger partial charge in [0.2, 0.25) is 0 Å². The van der Waals surface area contributed by atoms with Crippen molar-refractivity contribution in [1.29, 1.82) is 0 Å². The lowest BCUT2D eigenvalue weighted by Crippen LogP contribution is -2.48. The average molecular weight is 158 g/mol. The minimum atomic E-state index is -0.965. The summed E-state index contributed by atoms with van der Waals surface area (Å²) in [5, 5.41) is 10.8. The molecule has 0 radical (unpaired) electrons. The predicted octanol–water partition coefficient (Wildman–Crippen LogP) is 0.524. The van der Waals surface area contributed by atoms with E-state index in [1.54, 1.807) is 0 Å². The van der Waals surface area contributed by atoms with Crippen molar-refractivity contribution in [3.05, 3.63) is 0 Å². The van der Waals surface area contributed by atoms with Crippen molar-refractivity contribution >= 4 is 6.09 Å². The van der Waals surface area contributed by atoms with E-state index in [1.807, 2.05) is 0 Å². The number of nitrogens with two attached hydrogens (primary N) is 1. The van der Waals surface area contributed by atoms with Gasteiger partial charge in [0.25, 0.3) is 0 Å². The first-order valence-electron chi connectivity index (χ1n) is 3.95. The molecular formula is C7H14N2O2. The zero-order chi connectivity index (χ0) is 8.27. The second-order valence-electron chi connectivity index (χ2n) is 3.00. The van der Waals surface area contributed by atoms with Gasteiger partial charge in [0.05, 0.1) is 0 Å². The fourth-order valence-corrected chi connectivity index (χ4v) is 1.50. The van der Waals surface area contributed by atoms with Gasteiger partial charge in [0.15, 0.2) is 0 Å². The molecule has 0 aromatic carbocycles. The van der Waals surface area contributed by atoms with Crippen LogP contribution in [0, 0.1) is 0 Å². The first kappa shape index (κ1) is 8.33. The van der Waals surface area contributed by atoms with Gasteiger partial charge in [0.1, 0.15) is 0 Å². The quantitative estimate of drug-likeness (QED) is 0.521. The first-order chi connectivity index (χ1) is 5.20. The van der Waals surface area contributed by atoms with E-state index >= 15 is 0 Å². The lowest BCUT2D eigenvalue weighted by Gasteiger charge is -2.27. The second-order valence-corrected chi connectivity index (χ2v) is 3.00. The summed E-state index contributed by atoms with van der Waals surface area (Å²) < 4.78 is 0. The normalized spacial score (nSPS) is 31.4. The zero-order valence-electron chi connectivity index (χ0n) is 6.42. The Kier molecular flexibility index (Phi) is 2.70. The molecule has 0 heterocycles. The highest BCUT2D eigenvalue weighted by Gasteiger charge is 2.22. The van der Waals surface area contributed by atoms with E-state index in [4.69, 9.17) is 10.8 Å². The monoisotopic (exact) mass is 158 g/mol. The molecule has 1 rings (SSSR count). The van der Waals surface area contributed by atoms with Crippen LogP contribution in [0.15, 0.2) is 0 Å². The van der Waals surface area contributed by atoms with E-state index < -0.39 is 6.09 Å². The maximum Gasteiger partial charge on any atom is 0.404 e. The van der Waals surface area contributed by atoms with E-state index in [0.717, 1.165) is 25.7 Å². The largest absolute Gasteiger partial charge is 0.465 e. The minimum Gasteiger partial charge on any atom is -0.465 e. The molecule has 1 fully saturated rings. The Morgan fingerprint density at radius 3 is 2.64 bits per heavy atom. The molecule has 1 aliphatic carbocycles. The third kappa shape index (κ3) is 2.38. The van der Waals surface area contributed by atoms with Crippen molar-refractivity contribution in [2.24, 2.45) is 5.73 Å². The molecule has 11 heavy (non-hydrogen) atoms. The van der Waals surface area contributed by atoms with Crippen molar-refractivity contribution in [1.82, 2.24) is 5.32 Å². The Labute approximate surface area is 65.8 Å². The number of carbonyl (C=O) groups is 1. The van der Waals surface area contributed by atoms with Crippen molar-refractivity contribution in [2.75, 3.05) is 0 Å². The second kappa shape index (κ2) is 3.57. The first-order valence-corrected chi connectivity index (χ1v) is 3.95. The minimum absolute atomic E-state index is 0.0137. The summed E-state index contributed by atoms with van der Waals surface area (Å²) in [6.07, 6.45) is 3.06. The van der Waals surface area contributed by atoms with Crippen LogP contribution >= 0.6 is 0 Å². The van der Waals surface area contributed by atoms with Crippen LogP contribution < -0.4 is 11.1 Å². The molecule has 1 amide bonds. The molecule has 0 saturated heterocycles. The number of hydrogen-bond acceptors (Lipinski definition) is 2. The third-order valence-corrected chi connectivity index (χ3v) is 2.13.